The Bertz CT molecular complexity index is 1160. The van der Waals surface area contributed by atoms with Crippen LogP contribution in [0.3, 0.4) is 0 Å². The Morgan fingerprint density at radius 1 is 0.529 bits per heavy atom. The SMILES string of the molecule is CCCCCc1ccc(C#Cc2cc(F)c(C#Cc3ccc(CCCCC)cc3)c(F)c2)cc1. The highest BCUT2D eigenvalue weighted by molar-refractivity contribution is 5.49. The van der Waals surface area contributed by atoms with Crippen LogP contribution in [0.25, 0.3) is 0 Å². The predicted octanol–water partition coefficient (Wildman–Crippen LogP) is 8.23. The molecule has 2 heteroatoms. The summed E-state index contributed by atoms with van der Waals surface area (Å²) in [4.78, 5) is 0. The van der Waals surface area contributed by atoms with Gasteiger partial charge >= 0.3 is 0 Å². The quantitative estimate of drug-likeness (QED) is 0.237. The first-order valence-electron chi connectivity index (χ1n) is 12.3. The van der Waals surface area contributed by atoms with E-state index in [0.717, 1.165) is 30.4 Å². The van der Waals surface area contributed by atoms with Crippen molar-refractivity contribution in [1.82, 2.24) is 0 Å². The second kappa shape index (κ2) is 13.4. The van der Waals surface area contributed by atoms with Crippen LogP contribution in [0.4, 0.5) is 8.78 Å². The second-order valence-electron chi connectivity index (χ2n) is 8.62. The maximum absolute atomic E-state index is 14.6. The number of hydrogen-bond acceptors (Lipinski definition) is 0. The minimum Gasteiger partial charge on any atom is -0.205 e. The highest BCUT2D eigenvalue weighted by Crippen LogP contribution is 2.15. The molecule has 3 rings (SSSR count). The molecule has 174 valence electrons. The summed E-state index contributed by atoms with van der Waals surface area (Å²) < 4.78 is 29.1. The lowest BCUT2D eigenvalue weighted by molar-refractivity contribution is 0.577. The van der Waals surface area contributed by atoms with Crippen LogP contribution in [0.15, 0.2) is 60.7 Å². The monoisotopic (exact) mass is 454 g/mol. The van der Waals surface area contributed by atoms with Crippen LogP contribution in [0, 0.1) is 35.3 Å². The molecule has 0 aliphatic carbocycles. The van der Waals surface area contributed by atoms with Crippen molar-refractivity contribution in [3.63, 3.8) is 0 Å². The minimum absolute atomic E-state index is 0.228. The lowest BCUT2D eigenvalue weighted by Gasteiger charge is -2.01. The molecule has 0 heterocycles. The molecule has 0 aromatic heterocycles. The molecule has 3 aromatic rings. The van der Waals surface area contributed by atoms with Gasteiger partial charge in [0.05, 0.1) is 5.56 Å². The second-order valence-corrected chi connectivity index (χ2v) is 8.62. The smallest absolute Gasteiger partial charge is 0.143 e. The molecule has 0 spiro atoms. The normalized spacial score (nSPS) is 10.2. The van der Waals surface area contributed by atoms with E-state index in [-0.39, 0.29) is 5.56 Å². The summed E-state index contributed by atoms with van der Waals surface area (Å²) in [6, 6.07) is 18.4. The summed E-state index contributed by atoms with van der Waals surface area (Å²) in [5.74, 6) is 9.99. The molecule has 0 fully saturated rings. The summed E-state index contributed by atoms with van der Waals surface area (Å²) in [6.07, 6.45) is 9.28. The summed E-state index contributed by atoms with van der Waals surface area (Å²) in [5.41, 5.74) is 4.16. The molecule has 0 radical (unpaired) electrons. The van der Waals surface area contributed by atoms with E-state index in [1.807, 2.05) is 36.4 Å². The zero-order valence-corrected chi connectivity index (χ0v) is 20.2. The van der Waals surface area contributed by atoms with Gasteiger partial charge in [-0.05, 0) is 73.2 Å². The molecule has 0 nitrogen and oxygen atoms in total. The van der Waals surface area contributed by atoms with Gasteiger partial charge in [0.15, 0.2) is 0 Å². The van der Waals surface area contributed by atoms with Gasteiger partial charge < -0.3 is 0 Å². The van der Waals surface area contributed by atoms with Crippen molar-refractivity contribution in [2.45, 2.75) is 65.2 Å². The van der Waals surface area contributed by atoms with Crippen LogP contribution < -0.4 is 0 Å². The lowest BCUT2D eigenvalue weighted by Crippen LogP contribution is -1.93. The largest absolute Gasteiger partial charge is 0.205 e. The van der Waals surface area contributed by atoms with Gasteiger partial charge in [0.1, 0.15) is 11.6 Å². The van der Waals surface area contributed by atoms with Gasteiger partial charge in [0.2, 0.25) is 0 Å². The van der Waals surface area contributed by atoms with Gasteiger partial charge in [0.25, 0.3) is 0 Å². The molecule has 0 saturated carbocycles. The van der Waals surface area contributed by atoms with E-state index >= 15 is 0 Å². The topological polar surface area (TPSA) is 0 Å². The lowest BCUT2D eigenvalue weighted by atomic mass is 10.0. The number of benzene rings is 3. The Labute approximate surface area is 203 Å². The molecule has 0 amide bonds. The third kappa shape index (κ3) is 7.90. The number of hydrogen-bond donors (Lipinski definition) is 0. The molecular formula is C32H32F2. The molecular weight excluding hydrogens is 422 g/mol. The van der Waals surface area contributed by atoms with Gasteiger partial charge in [-0.3, -0.25) is 0 Å². The van der Waals surface area contributed by atoms with Crippen LogP contribution in [0.5, 0.6) is 0 Å². The summed E-state index contributed by atoms with van der Waals surface area (Å²) >= 11 is 0. The Balaban J connectivity index is 1.67. The van der Waals surface area contributed by atoms with Crippen LogP contribution >= 0.6 is 0 Å². The van der Waals surface area contributed by atoms with Crippen LogP contribution in [0.1, 0.15) is 85.8 Å². The van der Waals surface area contributed by atoms with Crippen molar-refractivity contribution >= 4 is 0 Å². The fraction of sp³-hybridized carbons (Fsp3) is 0.312. The maximum Gasteiger partial charge on any atom is 0.143 e. The van der Waals surface area contributed by atoms with E-state index in [1.165, 1.54) is 55.4 Å². The number of unbranched alkanes of at least 4 members (excludes halogenated alkanes) is 4. The van der Waals surface area contributed by atoms with E-state index in [9.17, 15) is 8.78 Å². The van der Waals surface area contributed by atoms with Crippen molar-refractivity contribution in [2.75, 3.05) is 0 Å². The average molecular weight is 455 g/mol. The summed E-state index contributed by atoms with van der Waals surface area (Å²) in [7, 11) is 0. The first-order chi connectivity index (χ1) is 16.6. The number of rotatable bonds is 8. The minimum atomic E-state index is -0.695. The Kier molecular flexibility index (Phi) is 9.94. The van der Waals surface area contributed by atoms with Crippen LogP contribution in [-0.2, 0) is 12.8 Å². The van der Waals surface area contributed by atoms with Gasteiger partial charge in [-0.15, -0.1) is 0 Å². The highest BCUT2D eigenvalue weighted by atomic mass is 19.1. The molecule has 0 saturated heterocycles. The van der Waals surface area contributed by atoms with Gasteiger partial charge in [0, 0.05) is 16.7 Å². The standard InChI is InChI=1S/C32H32F2/c1-3-5-7-9-25-11-15-27(16-12-25)19-20-29-23-31(33)30(32(34)24-29)22-21-28-17-13-26(14-18-28)10-8-6-4-2/h11-18,23-24H,3-10H2,1-2H3. The Hall–Kier alpha value is -3.36. The first kappa shape index (κ1) is 25.3. The van der Waals surface area contributed by atoms with Crippen molar-refractivity contribution < 1.29 is 8.78 Å². The summed E-state index contributed by atoms with van der Waals surface area (Å²) in [6.45, 7) is 4.38. The zero-order valence-electron chi connectivity index (χ0n) is 20.2. The first-order valence-corrected chi connectivity index (χ1v) is 12.3. The fourth-order valence-electron chi connectivity index (χ4n) is 3.71. The number of halogens is 2. The van der Waals surface area contributed by atoms with Gasteiger partial charge in [-0.25, -0.2) is 8.78 Å². The average Bonchev–Trinajstić information content (AvgIpc) is 2.84. The molecule has 0 atom stereocenters. The van der Waals surface area contributed by atoms with E-state index in [2.05, 4.69) is 49.7 Å². The number of aryl methyl sites for hydroxylation is 2. The van der Waals surface area contributed by atoms with E-state index < -0.39 is 11.6 Å². The molecule has 0 aliphatic heterocycles. The molecule has 0 unspecified atom stereocenters. The van der Waals surface area contributed by atoms with Crippen molar-refractivity contribution in [3.05, 3.63) is 106 Å². The fourth-order valence-corrected chi connectivity index (χ4v) is 3.71. The highest BCUT2D eigenvalue weighted by Gasteiger charge is 2.08. The van der Waals surface area contributed by atoms with Crippen molar-refractivity contribution in [2.24, 2.45) is 0 Å². The van der Waals surface area contributed by atoms with Gasteiger partial charge in [-0.1, -0.05) is 87.5 Å². The van der Waals surface area contributed by atoms with Crippen molar-refractivity contribution in [3.8, 4) is 23.7 Å². The zero-order chi connectivity index (χ0) is 24.2. The Morgan fingerprint density at radius 3 is 1.38 bits per heavy atom. The Morgan fingerprint density at radius 2 is 0.941 bits per heavy atom. The van der Waals surface area contributed by atoms with Crippen molar-refractivity contribution in [1.29, 1.82) is 0 Å². The molecule has 0 aliphatic rings. The summed E-state index contributed by atoms with van der Waals surface area (Å²) in [5, 5.41) is 0. The predicted molar refractivity (Wildman–Crippen MR) is 138 cm³/mol. The van der Waals surface area contributed by atoms with E-state index in [4.69, 9.17) is 0 Å². The maximum atomic E-state index is 14.6. The van der Waals surface area contributed by atoms with Crippen LogP contribution in [-0.4, -0.2) is 0 Å². The van der Waals surface area contributed by atoms with Crippen LogP contribution in [0.2, 0.25) is 0 Å². The molecule has 34 heavy (non-hydrogen) atoms. The van der Waals surface area contributed by atoms with E-state index in [1.54, 1.807) is 0 Å². The van der Waals surface area contributed by atoms with Gasteiger partial charge in [-0.2, -0.15) is 0 Å². The molecule has 3 aromatic carbocycles. The molecule has 0 bridgehead atoms. The third-order valence-electron chi connectivity index (χ3n) is 5.77. The van der Waals surface area contributed by atoms with E-state index in [0.29, 0.717) is 5.56 Å². The molecule has 0 N–H and O–H groups in total. The third-order valence-corrected chi connectivity index (χ3v) is 5.77.